The van der Waals surface area contributed by atoms with E-state index >= 15 is 0 Å². The summed E-state index contributed by atoms with van der Waals surface area (Å²) in [7, 11) is 0. The lowest BCUT2D eigenvalue weighted by molar-refractivity contribution is 0.102. The Morgan fingerprint density at radius 2 is 1.88 bits per heavy atom. The van der Waals surface area contributed by atoms with E-state index in [1.807, 2.05) is 0 Å². The molecule has 0 aliphatic heterocycles. The number of hydrogen-bond acceptors (Lipinski definition) is 2. The number of carbonyl (C=O) groups excluding carboxylic acids is 1. The molecule has 0 aliphatic rings. The Kier molecular flexibility index (Phi) is 2.91. The summed E-state index contributed by atoms with van der Waals surface area (Å²) in [5.74, 6) is -1.86. The number of aryl methyl sites for hydroxylation is 1. The topological polar surface area (TPSA) is 42.2 Å². The third kappa shape index (κ3) is 2.18. The number of para-hydroxylation sites is 1. The molecule has 0 spiro atoms. The molecule has 1 aromatic heterocycles. The smallest absolute Gasteiger partial charge is 0.259 e. The summed E-state index contributed by atoms with van der Waals surface area (Å²) < 4.78 is 31.5. The van der Waals surface area contributed by atoms with Gasteiger partial charge in [0.2, 0.25) is 0 Å². The number of rotatable bonds is 2. The third-order valence-electron chi connectivity index (χ3n) is 2.30. The zero-order valence-electron chi connectivity index (χ0n) is 8.96. The number of carbonyl (C=O) groups is 1. The SMILES string of the molecule is Cc1occc1C(=O)Nc1c(F)cccc1F. The van der Waals surface area contributed by atoms with Gasteiger partial charge in [-0.2, -0.15) is 0 Å². The van der Waals surface area contributed by atoms with Crippen LogP contribution < -0.4 is 5.32 Å². The van der Waals surface area contributed by atoms with Gasteiger partial charge >= 0.3 is 0 Å². The van der Waals surface area contributed by atoms with Crippen LogP contribution in [-0.2, 0) is 0 Å². The summed E-state index contributed by atoms with van der Waals surface area (Å²) in [5.41, 5.74) is -0.217. The lowest BCUT2D eigenvalue weighted by Gasteiger charge is -2.06. The fourth-order valence-corrected chi connectivity index (χ4v) is 1.42. The molecule has 0 saturated heterocycles. The van der Waals surface area contributed by atoms with Crippen molar-refractivity contribution in [3.63, 3.8) is 0 Å². The number of nitrogens with one attached hydrogen (secondary N) is 1. The fourth-order valence-electron chi connectivity index (χ4n) is 1.42. The van der Waals surface area contributed by atoms with E-state index in [0.29, 0.717) is 5.76 Å². The van der Waals surface area contributed by atoms with E-state index in [1.54, 1.807) is 6.92 Å². The minimum atomic E-state index is -0.820. The Hall–Kier alpha value is -2.17. The van der Waals surface area contributed by atoms with E-state index in [0.717, 1.165) is 12.1 Å². The molecule has 0 saturated carbocycles. The molecule has 0 bridgehead atoms. The summed E-state index contributed by atoms with van der Waals surface area (Å²) in [5, 5.41) is 2.17. The second kappa shape index (κ2) is 4.37. The van der Waals surface area contributed by atoms with Gasteiger partial charge < -0.3 is 9.73 Å². The van der Waals surface area contributed by atoms with Gasteiger partial charge in [0.1, 0.15) is 23.1 Å². The van der Waals surface area contributed by atoms with E-state index in [1.165, 1.54) is 18.4 Å². The third-order valence-corrected chi connectivity index (χ3v) is 2.30. The lowest BCUT2D eigenvalue weighted by atomic mass is 10.2. The molecule has 0 unspecified atom stereocenters. The molecule has 17 heavy (non-hydrogen) atoms. The minimum Gasteiger partial charge on any atom is -0.469 e. The maximum Gasteiger partial charge on any atom is 0.259 e. The first kappa shape index (κ1) is 11.3. The summed E-state index contributed by atoms with van der Waals surface area (Å²) in [6.45, 7) is 1.59. The van der Waals surface area contributed by atoms with E-state index < -0.39 is 23.2 Å². The van der Waals surface area contributed by atoms with Crippen molar-refractivity contribution in [3.05, 3.63) is 53.5 Å². The van der Waals surface area contributed by atoms with Crippen molar-refractivity contribution in [3.8, 4) is 0 Å². The van der Waals surface area contributed by atoms with Crippen molar-refractivity contribution in [2.75, 3.05) is 5.32 Å². The van der Waals surface area contributed by atoms with Crippen LogP contribution in [0.5, 0.6) is 0 Å². The molecular formula is C12H9F2NO2. The quantitative estimate of drug-likeness (QED) is 0.871. The molecule has 88 valence electrons. The molecule has 2 rings (SSSR count). The van der Waals surface area contributed by atoms with Gasteiger partial charge in [-0.15, -0.1) is 0 Å². The number of amides is 1. The summed E-state index contributed by atoms with van der Waals surface area (Å²) in [6, 6.07) is 4.80. The van der Waals surface area contributed by atoms with Gasteiger partial charge in [0, 0.05) is 0 Å². The van der Waals surface area contributed by atoms with E-state index in [4.69, 9.17) is 4.42 Å². The van der Waals surface area contributed by atoms with Crippen LogP contribution in [0.25, 0.3) is 0 Å². The highest BCUT2D eigenvalue weighted by Crippen LogP contribution is 2.19. The number of furan rings is 1. The van der Waals surface area contributed by atoms with Gasteiger partial charge in [-0.1, -0.05) is 6.07 Å². The highest BCUT2D eigenvalue weighted by atomic mass is 19.1. The first-order chi connectivity index (χ1) is 8.09. The average molecular weight is 237 g/mol. The van der Waals surface area contributed by atoms with Crippen molar-refractivity contribution in [2.45, 2.75) is 6.92 Å². The van der Waals surface area contributed by atoms with Gasteiger partial charge in [-0.3, -0.25) is 4.79 Å². The predicted octanol–water partition coefficient (Wildman–Crippen LogP) is 3.12. The lowest BCUT2D eigenvalue weighted by Crippen LogP contribution is -2.14. The molecule has 1 N–H and O–H groups in total. The Labute approximate surface area is 96.1 Å². The van der Waals surface area contributed by atoms with Crippen LogP contribution in [0.3, 0.4) is 0 Å². The number of anilines is 1. The van der Waals surface area contributed by atoms with Crippen molar-refractivity contribution in [2.24, 2.45) is 0 Å². The zero-order chi connectivity index (χ0) is 12.4. The van der Waals surface area contributed by atoms with Gasteiger partial charge in [-0.05, 0) is 25.1 Å². The molecule has 0 atom stereocenters. The fraction of sp³-hybridized carbons (Fsp3) is 0.0833. The molecule has 3 nitrogen and oxygen atoms in total. The van der Waals surface area contributed by atoms with Crippen LogP contribution in [0, 0.1) is 18.6 Å². The molecule has 1 aromatic carbocycles. The molecular weight excluding hydrogens is 228 g/mol. The normalized spacial score (nSPS) is 10.3. The Balaban J connectivity index is 2.28. The highest BCUT2D eigenvalue weighted by molar-refractivity contribution is 6.05. The molecule has 2 aromatic rings. The Morgan fingerprint density at radius 1 is 1.24 bits per heavy atom. The zero-order valence-corrected chi connectivity index (χ0v) is 8.96. The second-order valence-electron chi connectivity index (χ2n) is 3.44. The Bertz CT molecular complexity index is 543. The highest BCUT2D eigenvalue weighted by Gasteiger charge is 2.16. The number of halogens is 2. The molecule has 5 heteroatoms. The van der Waals surface area contributed by atoms with Crippen LogP contribution in [0.1, 0.15) is 16.1 Å². The molecule has 0 aliphatic carbocycles. The van der Waals surface area contributed by atoms with Gasteiger partial charge in [-0.25, -0.2) is 8.78 Å². The number of benzene rings is 1. The van der Waals surface area contributed by atoms with E-state index in [-0.39, 0.29) is 5.56 Å². The van der Waals surface area contributed by atoms with Gasteiger partial charge in [0.25, 0.3) is 5.91 Å². The van der Waals surface area contributed by atoms with E-state index in [9.17, 15) is 13.6 Å². The van der Waals surface area contributed by atoms with Crippen LogP contribution in [0.2, 0.25) is 0 Å². The standard InChI is InChI=1S/C12H9F2NO2/c1-7-8(5-6-17-7)12(16)15-11-9(13)3-2-4-10(11)14/h2-6H,1H3,(H,15,16). The molecule has 0 radical (unpaired) electrons. The monoisotopic (exact) mass is 237 g/mol. The summed E-state index contributed by atoms with van der Waals surface area (Å²) in [6.07, 6.45) is 1.34. The van der Waals surface area contributed by atoms with Crippen molar-refractivity contribution in [1.82, 2.24) is 0 Å². The summed E-state index contributed by atoms with van der Waals surface area (Å²) >= 11 is 0. The predicted molar refractivity (Wildman–Crippen MR) is 57.8 cm³/mol. The largest absolute Gasteiger partial charge is 0.469 e. The molecule has 1 amide bonds. The summed E-state index contributed by atoms with van der Waals surface area (Å²) in [4.78, 5) is 11.7. The van der Waals surface area contributed by atoms with Crippen molar-refractivity contribution >= 4 is 11.6 Å². The maximum absolute atomic E-state index is 13.3. The van der Waals surface area contributed by atoms with Crippen LogP contribution >= 0.6 is 0 Å². The van der Waals surface area contributed by atoms with Gasteiger partial charge in [0.05, 0.1) is 11.8 Å². The van der Waals surface area contributed by atoms with Crippen molar-refractivity contribution in [1.29, 1.82) is 0 Å². The van der Waals surface area contributed by atoms with Crippen LogP contribution in [0.4, 0.5) is 14.5 Å². The second-order valence-corrected chi connectivity index (χ2v) is 3.44. The minimum absolute atomic E-state index is 0.243. The molecule has 0 fully saturated rings. The van der Waals surface area contributed by atoms with Crippen LogP contribution in [0.15, 0.2) is 34.9 Å². The van der Waals surface area contributed by atoms with E-state index in [2.05, 4.69) is 5.32 Å². The number of hydrogen-bond donors (Lipinski definition) is 1. The first-order valence-corrected chi connectivity index (χ1v) is 4.89. The maximum atomic E-state index is 13.3. The first-order valence-electron chi connectivity index (χ1n) is 4.89. The van der Waals surface area contributed by atoms with Gasteiger partial charge in [0.15, 0.2) is 0 Å². The van der Waals surface area contributed by atoms with Crippen LogP contribution in [-0.4, -0.2) is 5.91 Å². The molecule has 1 heterocycles. The average Bonchev–Trinajstić information content (AvgIpc) is 2.70. The van der Waals surface area contributed by atoms with Crippen molar-refractivity contribution < 1.29 is 18.0 Å². The Morgan fingerprint density at radius 3 is 2.41 bits per heavy atom.